The molecule has 0 saturated heterocycles. The molecule has 0 atom stereocenters. The van der Waals surface area contributed by atoms with Crippen LogP contribution < -0.4 is 5.43 Å². The van der Waals surface area contributed by atoms with Gasteiger partial charge in [0.15, 0.2) is 5.43 Å². The van der Waals surface area contributed by atoms with Crippen molar-refractivity contribution in [3.63, 3.8) is 0 Å². The average Bonchev–Trinajstić information content (AvgIpc) is 2.55. The Morgan fingerprint density at radius 1 is 1.13 bits per heavy atom. The van der Waals surface area contributed by atoms with E-state index in [4.69, 9.17) is 4.74 Å². The fourth-order valence-electron chi connectivity index (χ4n) is 2.55. The van der Waals surface area contributed by atoms with Crippen molar-refractivity contribution in [1.82, 2.24) is 4.98 Å². The molecule has 2 aromatic rings. The first kappa shape index (κ1) is 17.0. The van der Waals surface area contributed by atoms with Crippen LogP contribution in [-0.4, -0.2) is 17.6 Å². The van der Waals surface area contributed by atoms with Crippen LogP contribution in [0.2, 0.25) is 0 Å². The molecule has 122 valence electrons. The van der Waals surface area contributed by atoms with Crippen LogP contribution in [0.25, 0.3) is 11.3 Å². The van der Waals surface area contributed by atoms with Crippen molar-refractivity contribution < 1.29 is 9.53 Å². The summed E-state index contributed by atoms with van der Waals surface area (Å²) < 4.78 is 5.04. The van der Waals surface area contributed by atoms with E-state index < -0.39 is 5.97 Å². The van der Waals surface area contributed by atoms with E-state index in [0.29, 0.717) is 12.1 Å². The number of pyridine rings is 1. The molecular formula is C19H23NO3. The Morgan fingerprint density at radius 2 is 1.87 bits per heavy atom. The second-order valence-corrected chi connectivity index (χ2v) is 5.44. The molecule has 0 aliphatic heterocycles. The van der Waals surface area contributed by atoms with Gasteiger partial charge in [-0.2, -0.15) is 0 Å². The number of hydrogen-bond donors (Lipinski definition) is 1. The Kier molecular flexibility index (Phi) is 6.15. The van der Waals surface area contributed by atoms with Gasteiger partial charge in [-0.25, -0.2) is 4.79 Å². The molecule has 23 heavy (non-hydrogen) atoms. The van der Waals surface area contributed by atoms with Crippen LogP contribution in [0.1, 0.15) is 49.2 Å². The number of benzene rings is 1. The van der Waals surface area contributed by atoms with Gasteiger partial charge >= 0.3 is 5.97 Å². The highest BCUT2D eigenvalue weighted by Crippen LogP contribution is 2.18. The van der Waals surface area contributed by atoms with E-state index in [1.165, 1.54) is 6.07 Å². The van der Waals surface area contributed by atoms with E-state index in [-0.39, 0.29) is 17.6 Å². The number of esters is 1. The van der Waals surface area contributed by atoms with Gasteiger partial charge in [0.2, 0.25) is 0 Å². The van der Waals surface area contributed by atoms with Crippen LogP contribution in [0.15, 0.2) is 41.2 Å². The lowest BCUT2D eigenvalue weighted by Crippen LogP contribution is -2.21. The normalized spacial score (nSPS) is 10.5. The minimum absolute atomic E-state index is 0.141. The molecule has 4 nitrogen and oxygen atoms in total. The highest BCUT2D eigenvalue weighted by molar-refractivity contribution is 5.91. The molecule has 0 saturated carbocycles. The summed E-state index contributed by atoms with van der Waals surface area (Å²) in [6.07, 6.45) is 3.73. The van der Waals surface area contributed by atoms with Crippen LogP contribution in [0.3, 0.4) is 0 Å². The number of H-pyrrole nitrogens is 1. The van der Waals surface area contributed by atoms with Crippen molar-refractivity contribution in [1.29, 1.82) is 0 Å². The largest absolute Gasteiger partial charge is 0.462 e. The highest BCUT2D eigenvalue weighted by Gasteiger charge is 2.18. The Balaban J connectivity index is 2.45. The maximum absolute atomic E-state index is 12.5. The smallest absolute Gasteiger partial charge is 0.343 e. The number of aromatic amines is 1. The monoisotopic (exact) mass is 313 g/mol. The first-order chi connectivity index (χ1) is 11.2. The van der Waals surface area contributed by atoms with Crippen molar-refractivity contribution in [2.75, 3.05) is 6.61 Å². The topological polar surface area (TPSA) is 59.2 Å². The number of unbranched alkanes of at least 4 members (excludes halogenated alkanes) is 2. The summed E-state index contributed by atoms with van der Waals surface area (Å²) in [6.45, 7) is 4.11. The van der Waals surface area contributed by atoms with Crippen LogP contribution >= 0.6 is 0 Å². The summed E-state index contributed by atoms with van der Waals surface area (Å²) in [7, 11) is 0. The van der Waals surface area contributed by atoms with E-state index in [9.17, 15) is 9.59 Å². The first-order valence-corrected chi connectivity index (χ1v) is 8.16. The van der Waals surface area contributed by atoms with Crippen molar-refractivity contribution in [2.45, 2.75) is 39.5 Å². The molecule has 4 heteroatoms. The number of aromatic nitrogens is 1. The van der Waals surface area contributed by atoms with Gasteiger partial charge in [-0.1, -0.05) is 50.1 Å². The molecule has 0 spiro atoms. The first-order valence-electron chi connectivity index (χ1n) is 8.16. The lowest BCUT2D eigenvalue weighted by Gasteiger charge is -2.11. The molecule has 0 aliphatic carbocycles. The number of carbonyl (C=O) groups excluding carboxylic acids is 1. The van der Waals surface area contributed by atoms with Gasteiger partial charge in [0.25, 0.3) is 0 Å². The van der Waals surface area contributed by atoms with Crippen LogP contribution in [-0.2, 0) is 11.2 Å². The summed E-state index contributed by atoms with van der Waals surface area (Å²) in [5, 5.41) is 0. The molecule has 0 radical (unpaired) electrons. The molecule has 1 aromatic carbocycles. The Hall–Kier alpha value is -2.36. The molecule has 0 unspecified atom stereocenters. The van der Waals surface area contributed by atoms with Crippen molar-refractivity contribution in [3.8, 4) is 11.3 Å². The number of rotatable bonds is 7. The van der Waals surface area contributed by atoms with Crippen molar-refractivity contribution >= 4 is 5.97 Å². The lowest BCUT2D eigenvalue weighted by atomic mass is 10.0. The number of ether oxygens (including phenoxy) is 1. The molecule has 1 heterocycles. The predicted octanol–water partition coefficient (Wildman–Crippen LogP) is 3.95. The van der Waals surface area contributed by atoms with Gasteiger partial charge in [-0.3, -0.25) is 4.79 Å². The zero-order chi connectivity index (χ0) is 16.7. The summed E-state index contributed by atoms with van der Waals surface area (Å²) in [5.74, 6) is -0.542. The minimum atomic E-state index is -0.542. The minimum Gasteiger partial charge on any atom is -0.462 e. The number of carbonyl (C=O) groups is 1. The third-order valence-corrected chi connectivity index (χ3v) is 3.70. The third-order valence-electron chi connectivity index (χ3n) is 3.70. The Morgan fingerprint density at radius 3 is 2.52 bits per heavy atom. The van der Waals surface area contributed by atoms with Gasteiger partial charge in [-0.15, -0.1) is 0 Å². The van der Waals surface area contributed by atoms with Gasteiger partial charge in [-0.05, 0) is 25.3 Å². The van der Waals surface area contributed by atoms with E-state index in [0.717, 1.165) is 30.5 Å². The van der Waals surface area contributed by atoms with E-state index in [1.54, 1.807) is 6.92 Å². The molecule has 0 amide bonds. The summed E-state index contributed by atoms with van der Waals surface area (Å²) in [4.78, 5) is 27.9. The number of hydrogen-bond acceptors (Lipinski definition) is 3. The van der Waals surface area contributed by atoms with Gasteiger partial charge in [0.1, 0.15) is 5.56 Å². The van der Waals surface area contributed by atoms with E-state index >= 15 is 0 Å². The summed E-state index contributed by atoms with van der Waals surface area (Å²) >= 11 is 0. The summed E-state index contributed by atoms with van der Waals surface area (Å²) in [5.41, 5.74) is 2.19. The van der Waals surface area contributed by atoms with E-state index in [2.05, 4.69) is 11.9 Å². The fourth-order valence-corrected chi connectivity index (χ4v) is 2.55. The Labute approximate surface area is 136 Å². The van der Waals surface area contributed by atoms with Crippen molar-refractivity contribution in [2.24, 2.45) is 0 Å². The SMILES string of the molecule is CCCCCc1[nH]c(-c2ccccc2)cc(=O)c1C(=O)OCC. The van der Waals surface area contributed by atoms with Crippen LogP contribution in [0.5, 0.6) is 0 Å². The van der Waals surface area contributed by atoms with Gasteiger partial charge in [0, 0.05) is 17.5 Å². The molecule has 0 aliphatic rings. The molecule has 1 N–H and O–H groups in total. The second-order valence-electron chi connectivity index (χ2n) is 5.44. The van der Waals surface area contributed by atoms with Gasteiger partial charge < -0.3 is 9.72 Å². The molecule has 0 bridgehead atoms. The van der Waals surface area contributed by atoms with Gasteiger partial charge in [0.05, 0.1) is 6.61 Å². The second kappa shape index (κ2) is 8.32. The van der Waals surface area contributed by atoms with Crippen molar-refractivity contribution in [3.05, 3.63) is 57.9 Å². The van der Waals surface area contributed by atoms with Crippen LogP contribution in [0.4, 0.5) is 0 Å². The highest BCUT2D eigenvalue weighted by atomic mass is 16.5. The summed E-state index contributed by atoms with van der Waals surface area (Å²) in [6, 6.07) is 11.1. The number of aryl methyl sites for hydroxylation is 1. The molecular weight excluding hydrogens is 290 g/mol. The maximum Gasteiger partial charge on any atom is 0.343 e. The number of nitrogens with one attached hydrogen (secondary N) is 1. The zero-order valence-corrected chi connectivity index (χ0v) is 13.7. The fraction of sp³-hybridized carbons (Fsp3) is 0.368. The van der Waals surface area contributed by atoms with E-state index in [1.807, 2.05) is 30.3 Å². The Bertz CT molecular complexity index is 704. The predicted molar refractivity (Wildman–Crippen MR) is 91.7 cm³/mol. The molecule has 2 rings (SSSR count). The average molecular weight is 313 g/mol. The zero-order valence-electron chi connectivity index (χ0n) is 13.7. The standard InChI is InChI=1S/C19H23NO3/c1-3-5-7-12-15-18(19(22)23-4-2)17(21)13-16(20-15)14-10-8-6-9-11-14/h6,8-11,13H,3-5,7,12H2,1-2H3,(H,20,21). The third kappa shape index (κ3) is 4.31. The van der Waals surface area contributed by atoms with Crippen LogP contribution in [0, 0.1) is 0 Å². The lowest BCUT2D eigenvalue weighted by molar-refractivity contribution is 0.0523. The maximum atomic E-state index is 12.5. The quantitative estimate of drug-likeness (QED) is 0.622. The molecule has 0 fully saturated rings. The molecule has 1 aromatic heterocycles.